The number of urea groups is 1. The molecule has 39 heavy (non-hydrogen) atoms. The highest BCUT2D eigenvalue weighted by Crippen LogP contribution is 2.39. The monoisotopic (exact) mass is 539 g/mol. The lowest BCUT2D eigenvalue weighted by Crippen LogP contribution is -2.38. The molecule has 6 rings (SSSR count). The van der Waals surface area contributed by atoms with Crippen LogP contribution >= 0.6 is 11.6 Å². The Bertz CT molecular complexity index is 1680. The Morgan fingerprint density at radius 1 is 1.05 bits per heavy atom. The molecule has 6 nitrogen and oxygen atoms in total. The fourth-order valence-electron chi connectivity index (χ4n) is 5.31. The van der Waals surface area contributed by atoms with Gasteiger partial charge in [0.2, 0.25) is 0 Å². The van der Waals surface area contributed by atoms with Crippen LogP contribution in [0.15, 0.2) is 91.1 Å². The Labute approximate surface area is 231 Å². The zero-order chi connectivity index (χ0) is 27.1. The number of fused-ring (bicyclic) bond motifs is 3. The maximum Gasteiger partial charge on any atom is 0.322 e. The quantitative estimate of drug-likeness (QED) is 0.258. The van der Waals surface area contributed by atoms with Gasteiger partial charge in [0.1, 0.15) is 11.6 Å². The number of hydrogen-bond donors (Lipinski definition) is 1. The number of carbonyl (C=O) groups is 1. The van der Waals surface area contributed by atoms with Crippen molar-refractivity contribution in [2.24, 2.45) is 0 Å². The summed E-state index contributed by atoms with van der Waals surface area (Å²) >= 11 is 6.35. The average Bonchev–Trinajstić information content (AvgIpc) is 3.52. The summed E-state index contributed by atoms with van der Waals surface area (Å²) in [7, 11) is 0. The maximum absolute atomic E-state index is 14.6. The van der Waals surface area contributed by atoms with Gasteiger partial charge in [-0.1, -0.05) is 54.9 Å². The number of amides is 2. The average molecular weight is 540 g/mol. The first-order valence-corrected chi connectivity index (χ1v) is 13.3. The highest BCUT2D eigenvalue weighted by atomic mass is 35.5. The van der Waals surface area contributed by atoms with Crippen molar-refractivity contribution in [2.45, 2.75) is 32.9 Å². The van der Waals surface area contributed by atoms with Crippen LogP contribution in [-0.4, -0.2) is 25.3 Å². The fraction of sp³-hybridized carbons (Fsp3) is 0.161. The molecule has 8 heteroatoms. The van der Waals surface area contributed by atoms with E-state index in [0.717, 1.165) is 34.0 Å². The number of rotatable bonds is 4. The molecular weight excluding hydrogens is 513 g/mol. The summed E-state index contributed by atoms with van der Waals surface area (Å²) in [5.74, 6) is 0.511. The summed E-state index contributed by atoms with van der Waals surface area (Å²) in [6.07, 6.45) is 2.66. The molecule has 0 spiro atoms. The molecule has 0 saturated carbocycles. The van der Waals surface area contributed by atoms with E-state index in [4.69, 9.17) is 16.7 Å². The van der Waals surface area contributed by atoms with Crippen molar-refractivity contribution in [1.82, 2.24) is 19.2 Å². The molecule has 2 aromatic heterocycles. The maximum atomic E-state index is 14.6. The number of carbonyl (C=O) groups excluding carboxylic acids is 1. The molecule has 3 aromatic carbocycles. The zero-order valence-corrected chi connectivity index (χ0v) is 22.4. The number of benzene rings is 3. The number of nitrogens with one attached hydrogen (secondary N) is 1. The number of aromatic nitrogens is 3. The third kappa shape index (κ3) is 4.38. The van der Waals surface area contributed by atoms with E-state index in [0.29, 0.717) is 22.7 Å². The van der Waals surface area contributed by atoms with Gasteiger partial charge in [0.15, 0.2) is 0 Å². The molecule has 1 unspecified atom stereocenters. The third-order valence-corrected chi connectivity index (χ3v) is 7.65. The first-order valence-electron chi connectivity index (χ1n) is 12.9. The molecule has 3 heterocycles. The van der Waals surface area contributed by atoms with Crippen molar-refractivity contribution in [1.29, 1.82) is 0 Å². The molecule has 0 radical (unpaired) electrons. The number of nitrogens with zero attached hydrogens (tertiary/aromatic N) is 4. The minimum atomic E-state index is -0.559. The second-order valence-corrected chi connectivity index (χ2v) is 9.99. The Balaban J connectivity index is 1.56. The van der Waals surface area contributed by atoms with E-state index >= 15 is 0 Å². The van der Waals surface area contributed by atoms with E-state index in [1.54, 1.807) is 23.1 Å². The van der Waals surface area contributed by atoms with Gasteiger partial charge in [0, 0.05) is 22.5 Å². The zero-order valence-electron chi connectivity index (χ0n) is 21.6. The van der Waals surface area contributed by atoms with Crippen LogP contribution in [-0.2, 0) is 13.0 Å². The second-order valence-electron chi connectivity index (χ2n) is 9.58. The molecule has 2 amide bonds. The van der Waals surface area contributed by atoms with Gasteiger partial charge in [0.25, 0.3) is 0 Å². The third-order valence-electron chi connectivity index (χ3n) is 7.24. The van der Waals surface area contributed by atoms with Crippen LogP contribution in [0.4, 0.5) is 14.9 Å². The van der Waals surface area contributed by atoms with Crippen LogP contribution in [0.1, 0.15) is 41.0 Å². The Morgan fingerprint density at radius 2 is 1.85 bits per heavy atom. The first kappa shape index (κ1) is 24.9. The largest absolute Gasteiger partial charge is 0.322 e. The minimum Gasteiger partial charge on any atom is -0.307 e. The van der Waals surface area contributed by atoms with Crippen LogP contribution in [0, 0.1) is 12.7 Å². The molecule has 0 aliphatic carbocycles. The highest BCUT2D eigenvalue weighted by Gasteiger charge is 2.36. The van der Waals surface area contributed by atoms with Gasteiger partial charge >= 0.3 is 6.03 Å². The standard InChI is InChI=1S/C31H27ClFN5O/c1-3-26-24-19-37(31(39)34-27-15-8-14-25(32)20(27)2)29(21-10-7-11-22(33)18-21)28-16-9-17-36(28)30(24)38(35-26)23-12-5-4-6-13-23/h4-18,29H,3,19H2,1-2H3,(H,34,39). The second kappa shape index (κ2) is 10.1. The molecule has 1 atom stereocenters. The van der Waals surface area contributed by atoms with E-state index < -0.39 is 6.04 Å². The topological polar surface area (TPSA) is 55.1 Å². The van der Waals surface area contributed by atoms with Gasteiger partial charge in [-0.05, 0) is 73.0 Å². The Hall–Kier alpha value is -4.36. The van der Waals surface area contributed by atoms with Gasteiger partial charge in [0.05, 0.1) is 29.7 Å². The molecule has 1 aliphatic rings. The smallest absolute Gasteiger partial charge is 0.307 e. The van der Waals surface area contributed by atoms with E-state index in [9.17, 15) is 9.18 Å². The number of halogens is 2. The Kier molecular flexibility index (Phi) is 6.45. The summed E-state index contributed by atoms with van der Waals surface area (Å²) in [6, 6.07) is 24.9. The normalized spacial score (nSPS) is 14.5. The lowest BCUT2D eigenvalue weighted by atomic mass is 10.0. The fourth-order valence-corrected chi connectivity index (χ4v) is 5.48. The minimum absolute atomic E-state index is 0.277. The highest BCUT2D eigenvalue weighted by molar-refractivity contribution is 6.31. The van der Waals surface area contributed by atoms with E-state index in [2.05, 4.69) is 16.8 Å². The molecule has 0 bridgehead atoms. The predicted molar refractivity (Wildman–Crippen MR) is 151 cm³/mol. The van der Waals surface area contributed by atoms with Crippen LogP contribution in [0.3, 0.4) is 0 Å². The van der Waals surface area contributed by atoms with Crippen molar-refractivity contribution < 1.29 is 9.18 Å². The molecule has 5 aromatic rings. The number of hydrogen-bond acceptors (Lipinski definition) is 2. The molecule has 196 valence electrons. The summed E-state index contributed by atoms with van der Waals surface area (Å²) in [5, 5.41) is 8.61. The van der Waals surface area contributed by atoms with Crippen molar-refractivity contribution in [2.75, 3.05) is 5.32 Å². The summed E-state index contributed by atoms with van der Waals surface area (Å²) in [4.78, 5) is 15.9. The molecular formula is C31H27ClFN5O. The first-order chi connectivity index (χ1) is 19.0. The van der Waals surface area contributed by atoms with Crippen molar-refractivity contribution in [3.8, 4) is 11.5 Å². The number of aryl methyl sites for hydroxylation is 1. The van der Waals surface area contributed by atoms with Gasteiger partial charge in [-0.25, -0.2) is 13.9 Å². The van der Waals surface area contributed by atoms with E-state index in [1.807, 2.05) is 72.4 Å². The van der Waals surface area contributed by atoms with E-state index in [-0.39, 0.29) is 18.4 Å². The molecule has 0 saturated heterocycles. The van der Waals surface area contributed by atoms with Crippen LogP contribution in [0.25, 0.3) is 11.5 Å². The van der Waals surface area contributed by atoms with E-state index in [1.165, 1.54) is 12.1 Å². The predicted octanol–water partition coefficient (Wildman–Crippen LogP) is 7.46. The Morgan fingerprint density at radius 3 is 2.62 bits per heavy atom. The molecule has 0 fully saturated rings. The summed E-state index contributed by atoms with van der Waals surface area (Å²) in [5.41, 5.74) is 5.66. The number of para-hydroxylation sites is 1. The molecule has 1 N–H and O–H groups in total. The summed E-state index contributed by atoms with van der Waals surface area (Å²) in [6.45, 7) is 4.20. The number of anilines is 1. The lowest BCUT2D eigenvalue weighted by molar-refractivity contribution is 0.194. The SMILES string of the molecule is CCc1nn(-c2ccccc2)c2c1CN(C(=O)Nc1cccc(Cl)c1C)C(c1cccc(F)c1)c1cccn1-2. The van der Waals surface area contributed by atoms with Gasteiger partial charge in [-0.15, -0.1) is 0 Å². The molecule has 1 aliphatic heterocycles. The van der Waals surface area contributed by atoms with Gasteiger partial charge in [-0.2, -0.15) is 5.10 Å². The van der Waals surface area contributed by atoms with Crippen LogP contribution < -0.4 is 5.32 Å². The lowest BCUT2D eigenvalue weighted by Gasteiger charge is -2.31. The van der Waals surface area contributed by atoms with Crippen LogP contribution in [0.2, 0.25) is 5.02 Å². The van der Waals surface area contributed by atoms with Gasteiger partial charge < -0.3 is 14.8 Å². The van der Waals surface area contributed by atoms with Gasteiger partial charge in [-0.3, -0.25) is 0 Å². The summed E-state index contributed by atoms with van der Waals surface area (Å²) < 4.78 is 18.6. The van der Waals surface area contributed by atoms with Crippen molar-refractivity contribution in [3.05, 3.63) is 130 Å². The van der Waals surface area contributed by atoms with Crippen molar-refractivity contribution >= 4 is 23.3 Å². The van der Waals surface area contributed by atoms with Crippen LogP contribution in [0.5, 0.6) is 0 Å². The van der Waals surface area contributed by atoms with Crippen molar-refractivity contribution in [3.63, 3.8) is 0 Å².